The predicted molar refractivity (Wildman–Crippen MR) is 136 cm³/mol. The summed E-state index contributed by atoms with van der Waals surface area (Å²) >= 11 is 6.45. The number of hydrogen-bond acceptors (Lipinski definition) is 6. The van der Waals surface area contributed by atoms with Gasteiger partial charge >= 0.3 is 0 Å². The quantitative estimate of drug-likeness (QED) is 0.481. The van der Waals surface area contributed by atoms with Crippen LogP contribution in [-0.2, 0) is 12.2 Å². The molecule has 1 aliphatic heterocycles. The van der Waals surface area contributed by atoms with E-state index in [4.69, 9.17) is 21.3 Å². The lowest BCUT2D eigenvalue weighted by Gasteiger charge is -2.33. The van der Waals surface area contributed by atoms with Crippen LogP contribution in [0.4, 0.5) is 4.39 Å². The van der Waals surface area contributed by atoms with Gasteiger partial charge in [0, 0.05) is 29.7 Å². The Morgan fingerprint density at radius 1 is 1.28 bits per heavy atom. The molecule has 7 nitrogen and oxygen atoms in total. The van der Waals surface area contributed by atoms with E-state index >= 15 is 0 Å². The molecule has 4 rings (SSSR count). The van der Waals surface area contributed by atoms with Crippen molar-refractivity contribution in [3.8, 4) is 5.75 Å². The van der Waals surface area contributed by atoms with Crippen LogP contribution in [0.25, 0.3) is 0 Å². The fourth-order valence-corrected chi connectivity index (χ4v) is 4.60. The van der Waals surface area contributed by atoms with Crippen LogP contribution < -0.4 is 15.6 Å². The molecule has 0 saturated heterocycles. The van der Waals surface area contributed by atoms with Crippen molar-refractivity contribution < 1.29 is 14.2 Å². The highest BCUT2D eigenvalue weighted by Crippen LogP contribution is 2.36. The average molecular weight is 513 g/mol. The Morgan fingerprint density at radius 3 is 2.72 bits per heavy atom. The van der Waals surface area contributed by atoms with Gasteiger partial charge in [-0.1, -0.05) is 17.7 Å². The number of allylic oxidation sites excluding steroid dienone is 1. The molecule has 36 heavy (non-hydrogen) atoms. The topological polar surface area (TPSA) is 89.3 Å². The molecule has 0 fully saturated rings. The summed E-state index contributed by atoms with van der Waals surface area (Å²) in [6.07, 6.45) is 5.19. The Kier molecular flexibility index (Phi) is 7.20. The number of aromatic nitrogens is 3. The zero-order chi connectivity index (χ0) is 26.2. The lowest BCUT2D eigenvalue weighted by atomic mass is 9.92. The van der Waals surface area contributed by atoms with Gasteiger partial charge in [-0.2, -0.15) is 0 Å². The third-order valence-electron chi connectivity index (χ3n) is 6.47. The third-order valence-corrected chi connectivity index (χ3v) is 6.82. The smallest absolute Gasteiger partial charge is 0.273 e. The van der Waals surface area contributed by atoms with Gasteiger partial charge in [0.15, 0.2) is 0 Å². The molecule has 4 heterocycles. The number of rotatable bonds is 6. The fourth-order valence-electron chi connectivity index (χ4n) is 4.40. The van der Waals surface area contributed by atoms with Crippen molar-refractivity contribution in [2.75, 3.05) is 0 Å². The minimum Gasteiger partial charge on any atom is -0.487 e. The molecule has 2 atom stereocenters. The summed E-state index contributed by atoms with van der Waals surface area (Å²) in [4.78, 5) is 22.0. The minimum absolute atomic E-state index is 0.0638. The molecule has 0 spiro atoms. The maximum absolute atomic E-state index is 13.9. The Balaban J connectivity index is 1.65. The van der Waals surface area contributed by atoms with Crippen LogP contribution >= 0.6 is 11.6 Å². The third kappa shape index (κ3) is 5.15. The van der Waals surface area contributed by atoms with Crippen molar-refractivity contribution in [2.45, 2.75) is 65.3 Å². The van der Waals surface area contributed by atoms with Crippen LogP contribution in [0.2, 0.25) is 5.02 Å². The zero-order valence-electron chi connectivity index (χ0n) is 21.0. The molecule has 0 unspecified atom stereocenters. The molecule has 0 amide bonds. The van der Waals surface area contributed by atoms with Gasteiger partial charge in [-0.15, -0.1) is 0 Å². The van der Waals surface area contributed by atoms with E-state index in [1.165, 1.54) is 18.5 Å². The Hall–Kier alpha value is -3.23. The van der Waals surface area contributed by atoms with Crippen LogP contribution in [0.3, 0.4) is 0 Å². The highest BCUT2D eigenvalue weighted by Gasteiger charge is 2.30. The Labute approximate surface area is 214 Å². The van der Waals surface area contributed by atoms with E-state index < -0.39 is 11.4 Å². The highest BCUT2D eigenvalue weighted by atomic mass is 35.5. The first-order chi connectivity index (χ1) is 17.0. The molecule has 0 radical (unpaired) electrons. The predicted octanol–water partition coefficient (Wildman–Crippen LogP) is 5.03. The molecular formula is C27H30ClFN4O3. The largest absolute Gasteiger partial charge is 0.487 e. The molecule has 0 saturated carbocycles. The first-order valence-corrected chi connectivity index (χ1v) is 12.1. The lowest BCUT2D eigenvalue weighted by Crippen LogP contribution is -2.35. The van der Waals surface area contributed by atoms with Gasteiger partial charge in [0.25, 0.3) is 5.56 Å². The van der Waals surface area contributed by atoms with Gasteiger partial charge < -0.3 is 19.7 Å². The molecule has 0 bridgehead atoms. The van der Waals surface area contributed by atoms with Crippen LogP contribution in [0.1, 0.15) is 67.5 Å². The number of nitrogens with one attached hydrogen (secondary N) is 1. The SMILES string of the molecule is CC1=CN[C@@H](c2nc(C(C)(C)O)ccc2C)C[C@H]1n1c(C)cc(OCc2cnccc2F)c(Cl)c1=O. The summed E-state index contributed by atoms with van der Waals surface area (Å²) in [5.41, 5.74) is 2.83. The van der Waals surface area contributed by atoms with Crippen molar-refractivity contribution in [1.29, 1.82) is 0 Å². The first kappa shape index (κ1) is 25.9. The van der Waals surface area contributed by atoms with Crippen molar-refractivity contribution in [3.63, 3.8) is 0 Å². The number of aryl methyl sites for hydroxylation is 2. The molecule has 0 aliphatic carbocycles. The van der Waals surface area contributed by atoms with E-state index in [1.54, 1.807) is 24.5 Å². The summed E-state index contributed by atoms with van der Waals surface area (Å²) in [7, 11) is 0. The van der Waals surface area contributed by atoms with Crippen molar-refractivity contribution in [2.24, 2.45) is 0 Å². The monoisotopic (exact) mass is 512 g/mol. The second-order valence-electron chi connectivity index (χ2n) is 9.71. The average Bonchev–Trinajstić information content (AvgIpc) is 2.82. The van der Waals surface area contributed by atoms with Crippen LogP contribution in [0, 0.1) is 19.7 Å². The number of aliphatic hydroxyl groups is 1. The standard InChI is InChI=1S/C27H30ClFN4O3/c1-15-6-7-23(27(4,5)35)32-25(15)20-11-21(16(2)12-31-20)33-17(3)10-22(24(28)26(33)34)36-14-18-13-30-9-8-19(18)29/h6-10,12-13,20-21,31,35H,11,14H2,1-5H3/t20-,21-/m1/s1. The molecule has 2 N–H and O–H groups in total. The molecule has 9 heteroatoms. The molecule has 3 aromatic rings. The maximum atomic E-state index is 13.9. The molecule has 0 aromatic carbocycles. The van der Waals surface area contributed by atoms with Crippen molar-refractivity contribution in [3.05, 3.63) is 97.8 Å². The molecule has 3 aromatic heterocycles. The van der Waals surface area contributed by atoms with E-state index in [-0.39, 0.29) is 40.6 Å². The summed E-state index contributed by atoms with van der Waals surface area (Å²) in [6, 6.07) is 6.28. The fraction of sp³-hybridized carbons (Fsp3) is 0.370. The Morgan fingerprint density at radius 2 is 2.03 bits per heavy atom. The number of nitrogens with zero attached hydrogens (tertiary/aromatic N) is 3. The Bertz CT molecular complexity index is 1380. The van der Waals surface area contributed by atoms with Crippen LogP contribution in [0.15, 0.2) is 53.2 Å². The zero-order valence-corrected chi connectivity index (χ0v) is 21.7. The summed E-state index contributed by atoms with van der Waals surface area (Å²) < 4.78 is 21.3. The van der Waals surface area contributed by atoms with Gasteiger partial charge in [-0.05, 0) is 70.5 Å². The summed E-state index contributed by atoms with van der Waals surface area (Å²) in [6.45, 7) is 9.05. The first-order valence-electron chi connectivity index (χ1n) is 11.7. The van der Waals surface area contributed by atoms with E-state index in [0.717, 1.165) is 16.8 Å². The molecule has 190 valence electrons. The van der Waals surface area contributed by atoms with Gasteiger partial charge in [0.1, 0.15) is 28.8 Å². The van der Waals surface area contributed by atoms with Gasteiger partial charge in [-0.3, -0.25) is 14.8 Å². The van der Waals surface area contributed by atoms with Crippen molar-refractivity contribution >= 4 is 11.6 Å². The van der Waals surface area contributed by atoms with Gasteiger partial charge in [0.05, 0.1) is 23.5 Å². The van der Waals surface area contributed by atoms with E-state index in [2.05, 4.69) is 10.3 Å². The number of ether oxygens (including phenoxy) is 1. The number of halogens is 2. The summed E-state index contributed by atoms with van der Waals surface area (Å²) in [5, 5.41) is 13.8. The van der Waals surface area contributed by atoms with E-state index in [0.29, 0.717) is 17.8 Å². The molecule has 1 aliphatic rings. The highest BCUT2D eigenvalue weighted by molar-refractivity contribution is 6.31. The van der Waals surface area contributed by atoms with Gasteiger partial charge in [-0.25, -0.2) is 4.39 Å². The second-order valence-corrected chi connectivity index (χ2v) is 10.1. The lowest BCUT2D eigenvalue weighted by molar-refractivity contribution is 0.0734. The van der Waals surface area contributed by atoms with E-state index in [1.807, 2.05) is 39.1 Å². The maximum Gasteiger partial charge on any atom is 0.273 e. The normalized spacial score (nSPS) is 17.9. The van der Waals surface area contributed by atoms with E-state index in [9.17, 15) is 14.3 Å². The van der Waals surface area contributed by atoms with Crippen LogP contribution in [0.5, 0.6) is 5.75 Å². The molecular weight excluding hydrogens is 483 g/mol. The van der Waals surface area contributed by atoms with Crippen molar-refractivity contribution in [1.82, 2.24) is 19.9 Å². The number of hydrogen-bond donors (Lipinski definition) is 2. The number of pyridine rings is 3. The second kappa shape index (κ2) is 10.0. The van der Waals surface area contributed by atoms with Crippen LogP contribution in [-0.4, -0.2) is 19.6 Å². The minimum atomic E-state index is -1.07. The summed E-state index contributed by atoms with van der Waals surface area (Å²) in [5.74, 6) is -0.244. The van der Waals surface area contributed by atoms with Gasteiger partial charge in [0.2, 0.25) is 0 Å².